The number of nitrogens with one attached hydrogen (secondary N) is 1. The van der Waals surface area contributed by atoms with Gasteiger partial charge in [-0.3, -0.25) is 0 Å². The van der Waals surface area contributed by atoms with E-state index in [4.69, 9.17) is 5.73 Å². The first-order chi connectivity index (χ1) is 8.47. The Morgan fingerprint density at radius 2 is 1.44 bits per heavy atom. The van der Waals surface area contributed by atoms with Crippen molar-refractivity contribution >= 4 is 17.1 Å². The van der Waals surface area contributed by atoms with E-state index in [9.17, 15) is 17.6 Å². The molecule has 2 aromatic rings. The molecule has 0 aromatic heterocycles. The van der Waals surface area contributed by atoms with Crippen LogP contribution in [0.2, 0.25) is 0 Å². The average Bonchev–Trinajstić information content (AvgIpc) is 2.29. The Morgan fingerprint density at radius 1 is 0.778 bits per heavy atom. The molecule has 0 amide bonds. The van der Waals surface area contributed by atoms with Gasteiger partial charge in [0, 0.05) is 12.1 Å². The summed E-state index contributed by atoms with van der Waals surface area (Å²) in [6.07, 6.45) is 0. The van der Waals surface area contributed by atoms with Crippen LogP contribution in [0.5, 0.6) is 0 Å². The van der Waals surface area contributed by atoms with Crippen molar-refractivity contribution in [3.63, 3.8) is 0 Å². The van der Waals surface area contributed by atoms with Gasteiger partial charge in [0.05, 0.1) is 17.1 Å². The van der Waals surface area contributed by atoms with E-state index in [1.165, 1.54) is 0 Å². The minimum absolute atomic E-state index is 0.127. The monoisotopic (exact) mass is 256 g/mol. The molecule has 0 aliphatic heterocycles. The van der Waals surface area contributed by atoms with Crippen LogP contribution < -0.4 is 11.1 Å². The molecular weight excluding hydrogens is 248 g/mol. The number of hydrogen-bond acceptors (Lipinski definition) is 2. The fraction of sp³-hybridized carbons (Fsp3) is 0. The van der Waals surface area contributed by atoms with Crippen LogP contribution in [0.4, 0.5) is 34.6 Å². The molecule has 18 heavy (non-hydrogen) atoms. The molecule has 0 atom stereocenters. The first-order valence-corrected chi connectivity index (χ1v) is 4.94. The third kappa shape index (κ3) is 2.37. The second-order valence-electron chi connectivity index (χ2n) is 3.60. The van der Waals surface area contributed by atoms with Crippen molar-refractivity contribution in [1.29, 1.82) is 0 Å². The zero-order valence-corrected chi connectivity index (χ0v) is 8.98. The lowest BCUT2D eigenvalue weighted by molar-refractivity contribution is 0.583. The summed E-state index contributed by atoms with van der Waals surface area (Å²) >= 11 is 0. The molecule has 3 N–H and O–H groups in total. The van der Waals surface area contributed by atoms with Crippen LogP contribution >= 0.6 is 0 Å². The van der Waals surface area contributed by atoms with E-state index in [0.717, 1.165) is 18.2 Å². The Labute approximate surface area is 100 Å². The van der Waals surface area contributed by atoms with Gasteiger partial charge in [0.25, 0.3) is 0 Å². The molecule has 0 saturated heterocycles. The summed E-state index contributed by atoms with van der Waals surface area (Å²) in [5.41, 5.74) is 4.77. The van der Waals surface area contributed by atoms with Crippen molar-refractivity contribution in [3.05, 3.63) is 53.6 Å². The number of nitrogen functional groups attached to an aromatic ring is 1. The van der Waals surface area contributed by atoms with Crippen LogP contribution in [0.1, 0.15) is 0 Å². The number of nitrogens with two attached hydrogens (primary N) is 1. The summed E-state index contributed by atoms with van der Waals surface area (Å²) in [4.78, 5) is 0. The summed E-state index contributed by atoms with van der Waals surface area (Å²) < 4.78 is 52.2. The van der Waals surface area contributed by atoms with Crippen molar-refractivity contribution in [1.82, 2.24) is 0 Å². The van der Waals surface area contributed by atoms with Gasteiger partial charge in [0.1, 0.15) is 17.5 Å². The van der Waals surface area contributed by atoms with E-state index in [2.05, 4.69) is 5.32 Å². The first-order valence-electron chi connectivity index (χ1n) is 4.94. The second kappa shape index (κ2) is 4.56. The summed E-state index contributed by atoms with van der Waals surface area (Å²) in [7, 11) is 0. The van der Waals surface area contributed by atoms with Crippen LogP contribution in [0.3, 0.4) is 0 Å². The van der Waals surface area contributed by atoms with Gasteiger partial charge in [-0.1, -0.05) is 0 Å². The molecule has 2 aromatic carbocycles. The predicted octanol–water partition coefficient (Wildman–Crippen LogP) is 3.57. The molecule has 0 aliphatic carbocycles. The Morgan fingerprint density at radius 3 is 2.11 bits per heavy atom. The van der Waals surface area contributed by atoms with Gasteiger partial charge in [-0.15, -0.1) is 0 Å². The lowest BCUT2D eigenvalue weighted by atomic mass is 10.2. The number of hydrogen-bond donors (Lipinski definition) is 2. The van der Waals surface area contributed by atoms with Crippen LogP contribution in [0.15, 0.2) is 30.3 Å². The molecule has 0 spiro atoms. The van der Waals surface area contributed by atoms with Crippen molar-refractivity contribution < 1.29 is 17.6 Å². The Kier molecular flexibility index (Phi) is 3.10. The van der Waals surface area contributed by atoms with Gasteiger partial charge in [0.15, 0.2) is 5.82 Å². The van der Waals surface area contributed by atoms with E-state index in [1.54, 1.807) is 0 Å². The third-order valence-electron chi connectivity index (χ3n) is 2.29. The molecule has 0 fully saturated rings. The summed E-state index contributed by atoms with van der Waals surface area (Å²) in [6, 6.07) is 4.29. The minimum Gasteiger partial charge on any atom is -0.395 e. The SMILES string of the molecule is Nc1c(F)cc(F)cc1Nc1ccc(F)cc1F. The van der Waals surface area contributed by atoms with Crippen molar-refractivity contribution in [2.24, 2.45) is 0 Å². The maximum atomic E-state index is 13.3. The fourth-order valence-corrected chi connectivity index (χ4v) is 1.42. The topological polar surface area (TPSA) is 38.0 Å². The highest BCUT2D eigenvalue weighted by molar-refractivity contribution is 5.73. The van der Waals surface area contributed by atoms with Crippen LogP contribution in [-0.4, -0.2) is 0 Å². The van der Waals surface area contributed by atoms with Gasteiger partial charge >= 0.3 is 0 Å². The maximum absolute atomic E-state index is 13.3. The number of halogens is 4. The normalized spacial score (nSPS) is 10.4. The van der Waals surface area contributed by atoms with Crippen molar-refractivity contribution in [3.8, 4) is 0 Å². The number of rotatable bonds is 2. The summed E-state index contributed by atoms with van der Waals surface area (Å²) in [5, 5.41) is 2.40. The third-order valence-corrected chi connectivity index (χ3v) is 2.29. The van der Waals surface area contributed by atoms with Gasteiger partial charge in [0.2, 0.25) is 0 Å². The summed E-state index contributed by atoms with van der Waals surface area (Å²) in [5.74, 6) is -3.46. The minimum atomic E-state index is -0.958. The molecule has 2 rings (SSSR count). The quantitative estimate of drug-likeness (QED) is 0.636. The van der Waals surface area contributed by atoms with Gasteiger partial charge < -0.3 is 11.1 Å². The Hall–Kier alpha value is -2.24. The molecule has 2 nitrogen and oxygen atoms in total. The highest BCUT2D eigenvalue weighted by atomic mass is 19.1. The molecule has 0 unspecified atom stereocenters. The molecule has 0 aliphatic rings. The molecular formula is C12H8F4N2. The molecule has 0 saturated carbocycles. The number of anilines is 3. The lowest BCUT2D eigenvalue weighted by Gasteiger charge is -2.11. The van der Waals surface area contributed by atoms with Crippen LogP contribution in [0.25, 0.3) is 0 Å². The molecule has 94 valence electrons. The van der Waals surface area contributed by atoms with E-state index in [-0.39, 0.29) is 17.1 Å². The highest BCUT2D eigenvalue weighted by Crippen LogP contribution is 2.28. The maximum Gasteiger partial charge on any atom is 0.151 e. The van der Waals surface area contributed by atoms with Crippen molar-refractivity contribution in [2.45, 2.75) is 0 Å². The van der Waals surface area contributed by atoms with E-state index in [1.807, 2.05) is 0 Å². The Balaban J connectivity index is 2.40. The number of benzene rings is 2. The van der Waals surface area contributed by atoms with Crippen LogP contribution in [-0.2, 0) is 0 Å². The lowest BCUT2D eigenvalue weighted by Crippen LogP contribution is -2.01. The Bertz CT molecular complexity index is 599. The van der Waals surface area contributed by atoms with E-state index in [0.29, 0.717) is 12.1 Å². The van der Waals surface area contributed by atoms with Crippen LogP contribution in [0, 0.1) is 23.3 Å². The summed E-state index contributed by atoms with van der Waals surface area (Å²) in [6.45, 7) is 0. The molecule has 0 bridgehead atoms. The van der Waals surface area contributed by atoms with Gasteiger partial charge in [-0.05, 0) is 18.2 Å². The highest BCUT2D eigenvalue weighted by Gasteiger charge is 2.10. The largest absolute Gasteiger partial charge is 0.395 e. The fourth-order valence-electron chi connectivity index (χ4n) is 1.42. The predicted molar refractivity (Wildman–Crippen MR) is 60.4 cm³/mol. The standard InChI is InChI=1S/C12H8F4N2/c13-6-1-2-10(8(15)3-6)18-11-5-7(14)4-9(16)12(11)17/h1-5,18H,17H2. The second-order valence-corrected chi connectivity index (χ2v) is 3.60. The zero-order valence-electron chi connectivity index (χ0n) is 8.98. The van der Waals surface area contributed by atoms with E-state index >= 15 is 0 Å². The average molecular weight is 256 g/mol. The zero-order chi connectivity index (χ0) is 13.3. The van der Waals surface area contributed by atoms with Gasteiger partial charge in [-0.2, -0.15) is 0 Å². The smallest absolute Gasteiger partial charge is 0.151 e. The molecule has 6 heteroatoms. The van der Waals surface area contributed by atoms with Gasteiger partial charge in [-0.25, -0.2) is 17.6 Å². The van der Waals surface area contributed by atoms with Crippen molar-refractivity contribution in [2.75, 3.05) is 11.1 Å². The molecule has 0 radical (unpaired) electrons. The molecule has 0 heterocycles. The first kappa shape index (κ1) is 12.2. The van der Waals surface area contributed by atoms with E-state index < -0.39 is 23.3 Å².